The molecule has 0 saturated carbocycles. The molecule has 7 heteroatoms. The van der Waals surface area contributed by atoms with Crippen molar-refractivity contribution in [2.24, 2.45) is 0 Å². The fraction of sp³-hybridized carbons (Fsp3) is 0.571. The van der Waals surface area contributed by atoms with Gasteiger partial charge in [0.05, 0.1) is 5.82 Å². The molecular weight excluding hydrogens is 189 g/mol. The van der Waals surface area contributed by atoms with E-state index in [-0.39, 0.29) is 19.3 Å². The SMILES string of the molecule is N#COB1COC(=O)C1CCC(=O)O. The van der Waals surface area contributed by atoms with Crippen molar-refractivity contribution >= 4 is 18.9 Å². The highest BCUT2D eigenvalue weighted by Crippen LogP contribution is 2.26. The molecule has 1 atom stereocenters. The standard InChI is InChI=1S/C7H8BNO5/c9-4-14-8-3-13-7(12)5(8)1-2-6(10)11/h5H,1-3H2,(H,10,11). The van der Waals surface area contributed by atoms with Gasteiger partial charge in [-0.2, -0.15) is 5.26 Å². The van der Waals surface area contributed by atoms with Crippen molar-refractivity contribution in [3.05, 3.63) is 0 Å². The van der Waals surface area contributed by atoms with Crippen LogP contribution in [0.4, 0.5) is 0 Å². The zero-order valence-corrected chi connectivity index (χ0v) is 7.30. The lowest BCUT2D eigenvalue weighted by Gasteiger charge is -2.06. The number of aliphatic carboxylic acids is 1. The zero-order chi connectivity index (χ0) is 10.6. The second-order valence-corrected chi connectivity index (χ2v) is 2.92. The van der Waals surface area contributed by atoms with Gasteiger partial charge in [-0.1, -0.05) is 0 Å². The topological polar surface area (TPSA) is 96.6 Å². The van der Waals surface area contributed by atoms with Crippen molar-refractivity contribution in [3.63, 3.8) is 0 Å². The van der Waals surface area contributed by atoms with E-state index in [1.807, 2.05) is 0 Å². The third-order valence-corrected chi connectivity index (χ3v) is 2.01. The average Bonchev–Trinajstić information content (AvgIpc) is 2.45. The maximum atomic E-state index is 11.1. The third kappa shape index (κ3) is 2.39. The lowest BCUT2D eigenvalue weighted by molar-refractivity contribution is -0.140. The Hall–Kier alpha value is -1.71. The largest absolute Gasteiger partial charge is 0.493 e. The number of ether oxygens (including phenoxy) is 1. The summed E-state index contributed by atoms with van der Waals surface area (Å²) in [4.78, 5) is 21.3. The van der Waals surface area contributed by atoms with Gasteiger partial charge in [0.25, 0.3) is 6.26 Å². The van der Waals surface area contributed by atoms with Crippen LogP contribution in [0, 0.1) is 11.5 Å². The fourth-order valence-electron chi connectivity index (χ4n) is 1.31. The molecule has 0 aliphatic carbocycles. The van der Waals surface area contributed by atoms with Crippen LogP contribution >= 0.6 is 0 Å². The summed E-state index contributed by atoms with van der Waals surface area (Å²) in [5.41, 5.74) is 0. The molecule has 0 amide bonds. The second kappa shape index (κ2) is 4.51. The summed E-state index contributed by atoms with van der Waals surface area (Å²) >= 11 is 0. The molecular formula is C7H8BNO5. The minimum atomic E-state index is -0.986. The maximum absolute atomic E-state index is 11.1. The van der Waals surface area contributed by atoms with Crippen LogP contribution in [0.1, 0.15) is 12.8 Å². The van der Waals surface area contributed by atoms with Crippen LogP contribution in [0.3, 0.4) is 0 Å². The Morgan fingerprint density at radius 1 is 1.86 bits per heavy atom. The number of carbonyl (C=O) groups excluding carboxylic acids is 1. The van der Waals surface area contributed by atoms with E-state index in [2.05, 4.69) is 9.39 Å². The van der Waals surface area contributed by atoms with Gasteiger partial charge in [0.15, 0.2) is 0 Å². The molecule has 1 rings (SSSR count). The van der Waals surface area contributed by atoms with Gasteiger partial charge in [-0.25, -0.2) is 0 Å². The molecule has 0 bridgehead atoms. The van der Waals surface area contributed by atoms with Crippen molar-refractivity contribution in [2.45, 2.75) is 18.7 Å². The Kier molecular flexibility index (Phi) is 3.34. The van der Waals surface area contributed by atoms with Gasteiger partial charge < -0.3 is 14.5 Å². The predicted molar refractivity (Wildman–Crippen MR) is 44.0 cm³/mol. The lowest BCUT2D eigenvalue weighted by atomic mass is 9.57. The summed E-state index contributed by atoms with van der Waals surface area (Å²) in [6.07, 6.45) is 1.47. The molecule has 6 nitrogen and oxygen atoms in total. The number of esters is 1. The number of hydrogen-bond acceptors (Lipinski definition) is 5. The van der Waals surface area contributed by atoms with E-state index in [4.69, 9.17) is 10.4 Å². The molecule has 1 fully saturated rings. The van der Waals surface area contributed by atoms with E-state index >= 15 is 0 Å². The van der Waals surface area contributed by atoms with E-state index < -0.39 is 24.7 Å². The molecule has 0 aromatic rings. The van der Waals surface area contributed by atoms with Gasteiger partial charge in [-0.3, -0.25) is 9.59 Å². The quantitative estimate of drug-likeness (QED) is 0.381. The van der Waals surface area contributed by atoms with Crippen molar-refractivity contribution in [2.75, 3.05) is 6.51 Å². The molecule has 1 aliphatic rings. The summed E-state index contributed by atoms with van der Waals surface area (Å²) < 4.78 is 9.24. The minimum Gasteiger partial charge on any atom is -0.493 e. The van der Waals surface area contributed by atoms with Crippen LogP contribution < -0.4 is 0 Å². The lowest BCUT2D eigenvalue weighted by Crippen LogP contribution is -2.24. The van der Waals surface area contributed by atoms with Gasteiger partial charge in [0, 0.05) is 6.42 Å². The third-order valence-electron chi connectivity index (χ3n) is 2.01. The Morgan fingerprint density at radius 3 is 3.14 bits per heavy atom. The van der Waals surface area contributed by atoms with Crippen LogP contribution in [0.25, 0.3) is 0 Å². The van der Waals surface area contributed by atoms with Crippen LogP contribution in [0.5, 0.6) is 0 Å². The van der Waals surface area contributed by atoms with E-state index in [1.165, 1.54) is 6.26 Å². The molecule has 0 aromatic carbocycles. The number of rotatable bonds is 4. The Morgan fingerprint density at radius 2 is 2.57 bits per heavy atom. The molecule has 0 aromatic heterocycles. The van der Waals surface area contributed by atoms with Crippen LogP contribution in [0.15, 0.2) is 0 Å². The number of nitriles is 1. The fourth-order valence-corrected chi connectivity index (χ4v) is 1.31. The van der Waals surface area contributed by atoms with Crippen molar-refractivity contribution in [1.29, 1.82) is 5.26 Å². The second-order valence-electron chi connectivity index (χ2n) is 2.92. The smallest absolute Gasteiger partial charge is 0.425 e. The van der Waals surface area contributed by atoms with Gasteiger partial charge in [-0.15, -0.1) is 0 Å². The summed E-state index contributed by atoms with van der Waals surface area (Å²) in [6, 6.07) is 0. The number of carboxylic acid groups (broad SMARTS) is 1. The molecule has 74 valence electrons. The van der Waals surface area contributed by atoms with Gasteiger partial charge in [0.1, 0.15) is 6.51 Å². The van der Waals surface area contributed by atoms with E-state index in [1.54, 1.807) is 0 Å². The molecule has 1 saturated heterocycles. The van der Waals surface area contributed by atoms with Crippen LogP contribution in [-0.2, 0) is 19.0 Å². The van der Waals surface area contributed by atoms with Crippen molar-refractivity contribution in [1.82, 2.24) is 0 Å². The molecule has 0 spiro atoms. The first-order valence-corrected chi connectivity index (χ1v) is 4.08. The highest BCUT2D eigenvalue weighted by Gasteiger charge is 2.43. The Labute approximate surface area is 80.5 Å². The zero-order valence-electron chi connectivity index (χ0n) is 7.30. The number of nitrogens with zero attached hydrogens (tertiary/aromatic N) is 1. The van der Waals surface area contributed by atoms with E-state index in [9.17, 15) is 9.59 Å². The number of carboxylic acids is 1. The van der Waals surface area contributed by atoms with E-state index in [0.717, 1.165) is 0 Å². The van der Waals surface area contributed by atoms with Crippen molar-refractivity contribution in [3.8, 4) is 6.26 Å². The Balaban J connectivity index is 2.50. The first-order chi connectivity index (χ1) is 6.65. The summed E-state index contributed by atoms with van der Waals surface area (Å²) in [6.45, 7) is -0.608. The highest BCUT2D eigenvalue weighted by molar-refractivity contribution is 6.60. The first kappa shape index (κ1) is 10.4. The summed E-state index contributed by atoms with van der Waals surface area (Å²) in [5, 5.41) is 16.7. The number of hydrogen-bond donors (Lipinski definition) is 1. The van der Waals surface area contributed by atoms with Gasteiger partial charge in [-0.05, 0) is 6.42 Å². The van der Waals surface area contributed by atoms with Crippen LogP contribution in [0.2, 0.25) is 5.82 Å². The van der Waals surface area contributed by atoms with Gasteiger partial charge >= 0.3 is 18.9 Å². The molecule has 1 N–H and O–H groups in total. The highest BCUT2D eigenvalue weighted by atomic mass is 16.6. The monoisotopic (exact) mass is 197 g/mol. The predicted octanol–water partition coefficient (Wildman–Crippen LogP) is -0.193. The molecule has 0 radical (unpaired) electrons. The number of cyclic esters (lactones) is 1. The van der Waals surface area contributed by atoms with Gasteiger partial charge in [0.2, 0.25) is 0 Å². The Bertz CT molecular complexity index is 286. The number of carbonyl (C=O) groups is 2. The maximum Gasteiger partial charge on any atom is 0.425 e. The van der Waals surface area contributed by atoms with Crippen molar-refractivity contribution < 1.29 is 24.1 Å². The summed E-state index contributed by atoms with van der Waals surface area (Å²) in [5.74, 6) is -2.11. The first-order valence-electron chi connectivity index (χ1n) is 4.08. The molecule has 1 unspecified atom stereocenters. The minimum absolute atomic E-state index is 0.0245. The van der Waals surface area contributed by atoms with E-state index in [0.29, 0.717) is 0 Å². The molecule has 1 aliphatic heterocycles. The van der Waals surface area contributed by atoms with Crippen LogP contribution in [-0.4, -0.2) is 30.5 Å². The average molecular weight is 197 g/mol. The normalized spacial score (nSPS) is 20.1. The molecule has 1 heterocycles. The molecule has 14 heavy (non-hydrogen) atoms. The summed E-state index contributed by atoms with van der Waals surface area (Å²) in [7, 11) is 0.